The van der Waals surface area contributed by atoms with Crippen LogP contribution in [0, 0.1) is 26.2 Å². The molecule has 3 heterocycles. The fourth-order valence-corrected chi connectivity index (χ4v) is 9.70. The second kappa shape index (κ2) is 18.7. The number of nitrogens with zero attached hydrogens (tertiary/aromatic N) is 4. The molecule has 0 unspecified atom stereocenters. The van der Waals surface area contributed by atoms with Crippen LogP contribution in [0.25, 0.3) is 38.8 Å². The van der Waals surface area contributed by atoms with Crippen LogP contribution in [0.4, 0.5) is 22.7 Å². The molecule has 0 aliphatic carbocycles. The van der Waals surface area contributed by atoms with E-state index < -0.39 is 0 Å². The molecule has 1 aliphatic rings. The van der Waals surface area contributed by atoms with Crippen LogP contribution in [0.1, 0.15) is 104 Å². The van der Waals surface area contributed by atoms with E-state index in [9.17, 15) is 0 Å². The number of fused-ring (bicyclic) bond motifs is 4. The van der Waals surface area contributed by atoms with Crippen molar-refractivity contribution in [3.63, 3.8) is 0 Å². The molecular weight excluding hydrogens is 1040 g/mol. The van der Waals surface area contributed by atoms with Crippen LogP contribution in [-0.2, 0) is 42.7 Å². The monoisotopic (exact) mass is 1100 g/mol. The van der Waals surface area contributed by atoms with Crippen molar-refractivity contribution < 1.29 is 25.8 Å². The summed E-state index contributed by atoms with van der Waals surface area (Å²) < 4.78 is 9.01. The Kier molecular flexibility index (Phi) is 13.4. The predicted molar refractivity (Wildman–Crippen MR) is 291 cm³/mol. The molecule has 9 aromatic rings. The molecule has 7 aromatic carbocycles. The molecule has 6 heteroatoms. The van der Waals surface area contributed by atoms with Gasteiger partial charge in [-0.05, 0) is 103 Å². The minimum absolute atomic E-state index is 0. The second-order valence-electron chi connectivity index (χ2n) is 22.0. The molecule has 0 saturated heterocycles. The first-order chi connectivity index (χ1) is 32.3. The fourth-order valence-electron chi connectivity index (χ4n) is 9.70. The molecule has 5 nitrogen and oxygen atoms in total. The maximum atomic E-state index is 6.78. The van der Waals surface area contributed by atoms with Gasteiger partial charge < -0.3 is 26.5 Å². The fraction of sp³-hybridized carbons (Fsp3) is 0.234. The zero-order valence-electron chi connectivity index (χ0n) is 42.7. The molecule has 1 aliphatic heterocycles. The van der Waals surface area contributed by atoms with Gasteiger partial charge >= 0.3 is 21.1 Å². The molecule has 0 bridgehead atoms. The van der Waals surface area contributed by atoms with E-state index in [4.69, 9.17) is 9.72 Å². The van der Waals surface area contributed by atoms with E-state index in [2.05, 4.69) is 255 Å². The molecule has 2 aromatic heterocycles. The van der Waals surface area contributed by atoms with Crippen molar-refractivity contribution in [3.05, 3.63) is 218 Å². The minimum atomic E-state index is -0.196. The van der Waals surface area contributed by atoms with E-state index in [1.807, 2.05) is 18.3 Å². The molecule has 0 saturated carbocycles. The first-order valence-electron chi connectivity index (χ1n) is 23.9. The molecule has 0 fully saturated rings. The van der Waals surface area contributed by atoms with Crippen molar-refractivity contribution in [2.75, 3.05) is 9.80 Å². The predicted octanol–water partition coefficient (Wildman–Crippen LogP) is 17.3. The maximum absolute atomic E-state index is 6.78. The second-order valence-corrected chi connectivity index (χ2v) is 22.0. The first-order valence-corrected chi connectivity index (χ1v) is 23.9. The van der Waals surface area contributed by atoms with Crippen molar-refractivity contribution in [3.8, 4) is 28.4 Å². The van der Waals surface area contributed by atoms with Gasteiger partial charge in [0.2, 0.25) is 0 Å². The Hall–Kier alpha value is -6.42. The van der Waals surface area contributed by atoms with Crippen LogP contribution in [-0.4, -0.2) is 9.55 Å². The van der Waals surface area contributed by atoms with Gasteiger partial charge in [0.05, 0.1) is 0 Å². The molecule has 0 radical (unpaired) electrons. The zero-order valence-corrected chi connectivity index (χ0v) is 45.0. The van der Waals surface area contributed by atoms with Crippen LogP contribution < -0.4 is 14.5 Å². The summed E-state index contributed by atoms with van der Waals surface area (Å²) in [4.78, 5) is 9.55. The van der Waals surface area contributed by atoms with E-state index in [1.54, 1.807) is 0 Å². The van der Waals surface area contributed by atoms with E-state index in [-0.39, 0.29) is 50.2 Å². The number of ether oxygens (including phenoxy) is 1. The third-order valence-electron chi connectivity index (χ3n) is 13.7. The van der Waals surface area contributed by atoms with Gasteiger partial charge in [-0.2, -0.15) is 12.1 Å². The van der Waals surface area contributed by atoms with Crippen LogP contribution in [0.5, 0.6) is 11.5 Å². The van der Waals surface area contributed by atoms with Gasteiger partial charge in [0.25, 0.3) is 0 Å². The number of hydrogen-bond donors (Lipinski definition) is 0. The molecule has 70 heavy (non-hydrogen) atoms. The van der Waals surface area contributed by atoms with Gasteiger partial charge in [-0.15, -0.1) is 48.1 Å². The van der Waals surface area contributed by atoms with Crippen molar-refractivity contribution in [2.24, 2.45) is 0 Å². The Bertz CT molecular complexity index is 3330. The topological polar surface area (TPSA) is 33.5 Å². The molecule has 10 rings (SSSR count). The Morgan fingerprint density at radius 3 is 1.80 bits per heavy atom. The van der Waals surface area contributed by atoms with Crippen molar-refractivity contribution >= 4 is 44.6 Å². The van der Waals surface area contributed by atoms with Crippen molar-refractivity contribution in [2.45, 2.75) is 97.8 Å². The van der Waals surface area contributed by atoms with Crippen LogP contribution in [0.15, 0.2) is 164 Å². The molecule has 0 atom stereocenters. The molecule has 0 amide bonds. The third kappa shape index (κ3) is 9.34. The average molecular weight is 1100 g/mol. The molecular formula is C64H64N4OPt. The zero-order chi connectivity index (χ0) is 47.8. The van der Waals surface area contributed by atoms with Gasteiger partial charge in [-0.3, -0.25) is 0 Å². The van der Waals surface area contributed by atoms with Crippen molar-refractivity contribution in [1.82, 2.24) is 9.55 Å². The summed E-state index contributed by atoms with van der Waals surface area (Å²) in [6.45, 7) is 27.4. The van der Waals surface area contributed by atoms with Gasteiger partial charge in [0.1, 0.15) is 5.82 Å². The summed E-state index contributed by atoms with van der Waals surface area (Å²) in [5.41, 5.74) is 14.5. The Balaban J connectivity index is 0.00000329. The van der Waals surface area contributed by atoms with Crippen LogP contribution >= 0.6 is 0 Å². The van der Waals surface area contributed by atoms with Crippen LogP contribution in [0.3, 0.4) is 0 Å². The number of aromatic nitrogens is 2. The third-order valence-corrected chi connectivity index (χ3v) is 13.7. The minimum Gasteiger partial charge on any atom is -0.509 e. The first kappa shape index (κ1) is 50.0. The number of benzene rings is 7. The SMILES string of the molecule is CC(C)(C)c1ccnc(-n2c3[c-]c(Oc4[c-]c(N5[CH-]N(c6cccc(C(C)(C)c7ccccc7)c6)c6cc(C(C)(C)C)c(C(C)(C)C)cc65)ccc4)ccc3c3cc(-c4ccccc4)ccc32)c1.[CH3-].[Pt+4]. The summed E-state index contributed by atoms with van der Waals surface area (Å²) in [5, 5.41) is 2.21. The molecule has 356 valence electrons. The standard InChI is InChI=1S/C63H61N4O.CH3.Pt/c1-60(2,3)45-32-33-64-59(36-45)67-55-31-28-43(42-20-14-12-15-21-42)34-52(55)51-30-29-50(38-56(51)67)68-49-27-19-26-48(37-49)66-41-65(57-39-53(61(4,5)6)54(40-58(57)66)62(7,8)9)47-25-18-24-46(35-47)63(10,11)44-22-16-13-17-23-44;;/h12-36,39-41H,1-11H3;1H3;/q-3;-1;+4. The number of pyridine rings is 1. The quantitative estimate of drug-likeness (QED) is 0.142. The van der Waals surface area contributed by atoms with E-state index in [0.29, 0.717) is 11.5 Å². The van der Waals surface area contributed by atoms with Gasteiger partial charge in [0, 0.05) is 45.7 Å². The van der Waals surface area contributed by atoms with Crippen LogP contribution in [0.2, 0.25) is 0 Å². The smallest absolute Gasteiger partial charge is 0.509 e. The summed E-state index contributed by atoms with van der Waals surface area (Å²) in [5.74, 6) is 2.04. The summed E-state index contributed by atoms with van der Waals surface area (Å²) in [6.07, 6.45) is 1.91. The van der Waals surface area contributed by atoms with Gasteiger partial charge in [-0.1, -0.05) is 167 Å². The Morgan fingerprint density at radius 2 is 1.13 bits per heavy atom. The maximum Gasteiger partial charge on any atom is 4.00 e. The van der Waals surface area contributed by atoms with Gasteiger partial charge in [-0.25, -0.2) is 4.98 Å². The largest absolute Gasteiger partial charge is 4.00 e. The average Bonchev–Trinajstić information content (AvgIpc) is 3.86. The van der Waals surface area contributed by atoms with E-state index in [0.717, 1.165) is 55.9 Å². The summed E-state index contributed by atoms with van der Waals surface area (Å²) >= 11 is 0. The number of anilines is 4. The summed E-state index contributed by atoms with van der Waals surface area (Å²) in [7, 11) is 0. The Morgan fingerprint density at radius 1 is 0.500 bits per heavy atom. The Labute approximate surface area is 431 Å². The van der Waals surface area contributed by atoms with E-state index in [1.165, 1.54) is 33.4 Å². The number of hydrogen-bond acceptors (Lipinski definition) is 4. The summed E-state index contributed by atoms with van der Waals surface area (Å²) in [6, 6.07) is 63.9. The number of rotatable bonds is 8. The van der Waals surface area contributed by atoms with E-state index >= 15 is 0 Å². The van der Waals surface area contributed by atoms with Crippen molar-refractivity contribution in [1.29, 1.82) is 0 Å². The molecule has 0 N–H and O–H groups in total. The molecule has 0 spiro atoms. The normalized spacial score (nSPS) is 13.0. The van der Waals surface area contributed by atoms with Gasteiger partial charge in [0.15, 0.2) is 0 Å².